The van der Waals surface area contributed by atoms with Crippen molar-refractivity contribution in [2.75, 3.05) is 19.4 Å². The van der Waals surface area contributed by atoms with Crippen LogP contribution in [0.4, 0.5) is 0 Å². The summed E-state index contributed by atoms with van der Waals surface area (Å²) in [6.07, 6.45) is 2.42. The van der Waals surface area contributed by atoms with Crippen LogP contribution in [0.15, 0.2) is 18.2 Å². The highest BCUT2D eigenvalue weighted by Gasteiger charge is 2.10. The van der Waals surface area contributed by atoms with E-state index >= 15 is 0 Å². The topological polar surface area (TPSA) is 21.3 Å². The molecule has 0 aliphatic rings. The average molecular weight is 310 g/mol. The molecule has 0 aliphatic heterocycles. The van der Waals surface area contributed by atoms with E-state index in [9.17, 15) is 0 Å². The quantitative estimate of drug-likeness (QED) is 0.654. The van der Waals surface area contributed by atoms with E-state index in [1.165, 1.54) is 23.3 Å². The average Bonchev–Trinajstić information content (AvgIpc) is 2.52. The molecule has 21 heavy (non-hydrogen) atoms. The van der Waals surface area contributed by atoms with Crippen LogP contribution in [-0.4, -0.2) is 19.4 Å². The lowest BCUT2D eigenvalue weighted by Gasteiger charge is -2.17. The van der Waals surface area contributed by atoms with E-state index in [0.29, 0.717) is 6.04 Å². The third-order valence-electron chi connectivity index (χ3n) is 3.86. The molecule has 0 saturated carbocycles. The monoisotopic (exact) mass is 309 g/mol. The molecule has 0 saturated heterocycles. The van der Waals surface area contributed by atoms with Crippen molar-refractivity contribution < 1.29 is 4.74 Å². The van der Waals surface area contributed by atoms with Crippen LogP contribution in [0.2, 0.25) is 0 Å². The van der Waals surface area contributed by atoms with Gasteiger partial charge in [-0.25, -0.2) is 0 Å². The van der Waals surface area contributed by atoms with E-state index in [2.05, 4.69) is 51.2 Å². The standard InChI is InChI=1S/C18H31NOS/c1-6-10-19-15(4)16-8-9-18(20-5)17(11-16)13-21-12-14(3)7-2/h8-9,11,14-15,19H,6-7,10,12-13H2,1-5H3. The molecule has 0 amide bonds. The van der Waals surface area contributed by atoms with Gasteiger partial charge in [0, 0.05) is 17.4 Å². The lowest BCUT2D eigenvalue weighted by atomic mass is 10.0. The molecule has 1 aromatic rings. The first-order valence-electron chi connectivity index (χ1n) is 8.10. The highest BCUT2D eigenvalue weighted by atomic mass is 32.2. The lowest BCUT2D eigenvalue weighted by Crippen LogP contribution is -2.19. The van der Waals surface area contributed by atoms with Gasteiger partial charge >= 0.3 is 0 Å². The van der Waals surface area contributed by atoms with Crippen molar-refractivity contribution in [2.45, 2.75) is 52.3 Å². The van der Waals surface area contributed by atoms with Gasteiger partial charge in [0.1, 0.15) is 5.75 Å². The minimum absolute atomic E-state index is 0.397. The van der Waals surface area contributed by atoms with Crippen molar-refractivity contribution in [2.24, 2.45) is 5.92 Å². The second-order valence-electron chi connectivity index (χ2n) is 5.78. The summed E-state index contributed by atoms with van der Waals surface area (Å²) in [5.74, 6) is 4.04. The molecule has 0 aliphatic carbocycles. The fourth-order valence-corrected chi connectivity index (χ4v) is 3.35. The van der Waals surface area contributed by atoms with E-state index in [1.54, 1.807) is 7.11 Å². The molecule has 0 fully saturated rings. The van der Waals surface area contributed by atoms with E-state index < -0.39 is 0 Å². The van der Waals surface area contributed by atoms with Crippen molar-refractivity contribution in [1.29, 1.82) is 0 Å². The molecule has 3 heteroatoms. The van der Waals surface area contributed by atoms with Crippen LogP contribution in [0.25, 0.3) is 0 Å². The summed E-state index contributed by atoms with van der Waals surface area (Å²) in [4.78, 5) is 0. The Kier molecular flexibility index (Phi) is 8.86. The number of rotatable bonds is 10. The maximum atomic E-state index is 5.51. The number of ether oxygens (including phenoxy) is 1. The van der Waals surface area contributed by atoms with Gasteiger partial charge in [-0.1, -0.05) is 33.3 Å². The summed E-state index contributed by atoms with van der Waals surface area (Å²) in [6.45, 7) is 10.1. The number of benzene rings is 1. The van der Waals surface area contributed by atoms with Gasteiger partial charge in [0.2, 0.25) is 0 Å². The van der Waals surface area contributed by atoms with Crippen molar-refractivity contribution in [3.8, 4) is 5.75 Å². The van der Waals surface area contributed by atoms with Crippen molar-refractivity contribution >= 4 is 11.8 Å². The van der Waals surface area contributed by atoms with Gasteiger partial charge in [0.05, 0.1) is 7.11 Å². The molecule has 0 spiro atoms. The maximum Gasteiger partial charge on any atom is 0.122 e. The second kappa shape index (κ2) is 10.1. The normalized spacial score (nSPS) is 14.0. The van der Waals surface area contributed by atoms with E-state index in [0.717, 1.165) is 30.4 Å². The lowest BCUT2D eigenvalue weighted by molar-refractivity contribution is 0.411. The third kappa shape index (κ3) is 6.31. The minimum Gasteiger partial charge on any atom is -0.496 e. The van der Waals surface area contributed by atoms with Gasteiger partial charge in [0.25, 0.3) is 0 Å². The summed E-state index contributed by atoms with van der Waals surface area (Å²) >= 11 is 2.01. The van der Waals surface area contributed by atoms with Crippen LogP contribution >= 0.6 is 11.8 Å². The summed E-state index contributed by atoms with van der Waals surface area (Å²) in [7, 11) is 1.76. The number of hydrogen-bond acceptors (Lipinski definition) is 3. The summed E-state index contributed by atoms with van der Waals surface area (Å²) in [5, 5.41) is 3.55. The first kappa shape index (κ1) is 18.4. The Balaban J connectivity index is 2.70. The molecule has 1 N–H and O–H groups in total. The Morgan fingerprint density at radius 2 is 2.00 bits per heavy atom. The van der Waals surface area contributed by atoms with Gasteiger partial charge in [-0.2, -0.15) is 11.8 Å². The van der Waals surface area contributed by atoms with Gasteiger partial charge in [-0.05, 0) is 49.3 Å². The fraction of sp³-hybridized carbons (Fsp3) is 0.667. The molecular formula is C18H31NOS. The Morgan fingerprint density at radius 3 is 2.62 bits per heavy atom. The van der Waals surface area contributed by atoms with Crippen LogP contribution in [0.3, 0.4) is 0 Å². The van der Waals surface area contributed by atoms with E-state index in [-0.39, 0.29) is 0 Å². The second-order valence-corrected chi connectivity index (χ2v) is 6.81. The molecule has 0 bridgehead atoms. The molecule has 120 valence electrons. The number of hydrogen-bond donors (Lipinski definition) is 1. The number of methoxy groups -OCH3 is 1. The fourth-order valence-electron chi connectivity index (χ4n) is 2.15. The van der Waals surface area contributed by atoms with Crippen LogP contribution in [-0.2, 0) is 5.75 Å². The van der Waals surface area contributed by atoms with Crippen LogP contribution in [0.5, 0.6) is 5.75 Å². The van der Waals surface area contributed by atoms with Gasteiger partial charge < -0.3 is 10.1 Å². The minimum atomic E-state index is 0.397. The zero-order chi connectivity index (χ0) is 15.7. The summed E-state index contributed by atoms with van der Waals surface area (Å²) in [5.41, 5.74) is 2.66. The van der Waals surface area contributed by atoms with Crippen molar-refractivity contribution in [3.63, 3.8) is 0 Å². The molecule has 2 unspecified atom stereocenters. The van der Waals surface area contributed by atoms with Crippen LogP contribution < -0.4 is 10.1 Å². The Bertz CT molecular complexity index is 408. The Morgan fingerprint density at radius 1 is 1.24 bits per heavy atom. The highest BCUT2D eigenvalue weighted by molar-refractivity contribution is 7.98. The van der Waals surface area contributed by atoms with Crippen LogP contribution in [0, 0.1) is 5.92 Å². The van der Waals surface area contributed by atoms with Gasteiger partial charge in [-0.3, -0.25) is 0 Å². The first-order chi connectivity index (χ1) is 10.1. The Hall–Kier alpha value is -0.670. The largest absolute Gasteiger partial charge is 0.496 e. The molecule has 2 atom stereocenters. The smallest absolute Gasteiger partial charge is 0.122 e. The van der Waals surface area contributed by atoms with Crippen molar-refractivity contribution in [1.82, 2.24) is 5.32 Å². The SMILES string of the molecule is CCCNC(C)c1ccc(OC)c(CSCC(C)CC)c1. The molecule has 0 heterocycles. The zero-order valence-electron chi connectivity index (χ0n) is 14.2. The maximum absolute atomic E-state index is 5.51. The predicted molar refractivity (Wildman–Crippen MR) is 95.3 cm³/mol. The summed E-state index contributed by atoms with van der Waals surface area (Å²) < 4.78 is 5.51. The summed E-state index contributed by atoms with van der Waals surface area (Å²) in [6, 6.07) is 6.98. The van der Waals surface area contributed by atoms with E-state index in [4.69, 9.17) is 4.74 Å². The number of nitrogens with one attached hydrogen (secondary N) is 1. The Labute approximate surface area is 135 Å². The zero-order valence-corrected chi connectivity index (χ0v) is 15.1. The molecule has 0 aromatic heterocycles. The highest BCUT2D eigenvalue weighted by Crippen LogP contribution is 2.28. The third-order valence-corrected chi connectivity index (χ3v) is 5.18. The molecule has 1 aromatic carbocycles. The molecule has 1 rings (SSSR count). The van der Waals surface area contributed by atoms with Crippen LogP contribution in [0.1, 0.15) is 57.7 Å². The van der Waals surface area contributed by atoms with Crippen molar-refractivity contribution in [3.05, 3.63) is 29.3 Å². The predicted octanol–water partition coefficient (Wildman–Crippen LogP) is 5.04. The molecular weight excluding hydrogens is 278 g/mol. The number of thioether (sulfide) groups is 1. The van der Waals surface area contributed by atoms with Gasteiger partial charge in [0.15, 0.2) is 0 Å². The molecule has 2 nitrogen and oxygen atoms in total. The molecule has 0 radical (unpaired) electrons. The van der Waals surface area contributed by atoms with E-state index in [1.807, 2.05) is 11.8 Å². The van der Waals surface area contributed by atoms with Gasteiger partial charge in [-0.15, -0.1) is 0 Å². The first-order valence-corrected chi connectivity index (χ1v) is 9.25.